The van der Waals surface area contributed by atoms with E-state index < -0.39 is 0 Å². The number of benzene rings is 13. The minimum Gasteiger partial charge on any atom is -0.309 e. The standard InChI is InChI=1S/C80H48N6/c81-49-67-77(51-33-41-55(42-34-51)83-69-25-9-1-17-59(69)60-18-2-10-26-70(60)83)78(52-35-43-56(44-36-52)84-71-27-11-3-19-61(71)62-20-4-12-28-72(62)84)68(50-82)80(54-39-47-58(48-40-54)86-75-31-15-7-23-65(75)66-24-8-16-32-76(66)86)79(67)53-37-45-57(46-38-53)85-73-29-13-5-21-63(73)64-22-6-14-30-74(64)85/h1-48H. The molecule has 17 rings (SSSR count). The number of fused-ring (bicyclic) bond motifs is 12. The van der Waals surface area contributed by atoms with E-state index in [1.165, 1.54) is 43.1 Å². The molecular formula is C80H48N6. The predicted molar refractivity (Wildman–Crippen MR) is 355 cm³/mol. The van der Waals surface area contributed by atoms with E-state index in [2.05, 4.69) is 322 Å². The Morgan fingerprint density at radius 2 is 0.337 bits per heavy atom. The van der Waals surface area contributed by atoms with Crippen molar-refractivity contribution in [3.8, 4) is 79.4 Å². The highest BCUT2D eigenvalue weighted by Gasteiger charge is 2.29. The van der Waals surface area contributed by atoms with Crippen LogP contribution in [0.2, 0.25) is 0 Å². The summed E-state index contributed by atoms with van der Waals surface area (Å²) in [4.78, 5) is 0. The molecule has 86 heavy (non-hydrogen) atoms. The maximum absolute atomic E-state index is 12.2. The lowest BCUT2D eigenvalue weighted by Gasteiger charge is -2.24. The van der Waals surface area contributed by atoms with Gasteiger partial charge in [-0.3, -0.25) is 0 Å². The smallest absolute Gasteiger partial charge is 0.100 e. The van der Waals surface area contributed by atoms with Crippen molar-refractivity contribution in [3.05, 3.63) is 302 Å². The third-order valence-corrected chi connectivity index (χ3v) is 17.7. The Hall–Kier alpha value is -12.0. The third-order valence-electron chi connectivity index (χ3n) is 17.7. The van der Waals surface area contributed by atoms with Gasteiger partial charge in [-0.1, -0.05) is 194 Å². The molecule has 0 saturated heterocycles. The summed E-state index contributed by atoms with van der Waals surface area (Å²) in [6.45, 7) is 0. The van der Waals surface area contributed by atoms with E-state index in [0.717, 1.165) is 89.1 Å². The van der Waals surface area contributed by atoms with Crippen LogP contribution in [0.3, 0.4) is 0 Å². The summed E-state index contributed by atoms with van der Waals surface area (Å²) in [7, 11) is 0. The molecule has 6 nitrogen and oxygen atoms in total. The molecule has 0 aliphatic carbocycles. The molecule has 0 spiro atoms. The Kier molecular flexibility index (Phi) is 11.0. The van der Waals surface area contributed by atoms with Crippen molar-refractivity contribution in [2.75, 3.05) is 0 Å². The summed E-state index contributed by atoms with van der Waals surface area (Å²) >= 11 is 0. The van der Waals surface area contributed by atoms with Crippen molar-refractivity contribution < 1.29 is 0 Å². The van der Waals surface area contributed by atoms with E-state index in [-0.39, 0.29) is 0 Å². The molecule has 0 amide bonds. The number of nitriles is 2. The van der Waals surface area contributed by atoms with Gasteiger partial charge in [0.15, 0.2) is 0 Å². The highest BCUT2D eigenvalue weighted by atomic mass is 15.0. The first-order valence-corrected chi connectivity index (χ1v) is 29.0. The van der Waals surface area contributed by atoms with Crippen LogP contribution in [0.15, 0.2) is 291 Å². The minimum absolute atomic E-state index is 0.473. The van der Waals surface area contributed by atoms with Crippen molar-refractivity contribution in [2.45, 2.75) is 0 Å². The van der Waals surface area contributed by atoms with Crippen LogP contribution in [-0.4, -0.2) is 18.3 Å². The molecule has 0 aliphatic rings. The average Bonchev–Trinajstić information content (AvgIpc) is 2.52. The monoisotopic (exact) mass is 1090 g/mol. The van der Waals surface area contributed by atoms with Crippen molar-refractivity contribution in [3.63, 3.8) is 0 Å². The molecule has 0 saturated carbocycles. The van der Waals surface area contributed by atoms with Crippen molar-refractivity contribution >= 4 is 87.2 Å². The molecule has 17 aromatic rings. The molecular weight excluding hydrogens is 1040 g/mol. The summed E-state index contributed by atoms with van der Waals surface area (Å²) in [5, 5.41) is 33.8. The summed E-state index contributed by atoms with van der Waals surface area (Å²) in [6, 6.07) is 108. The van der Waals surface area contributed by atoms with Crippen LogP contribution in [0.25, 0.3) is 154 Å². The number of rotatable bonds is 8. The quantitative estimate of drug-likeness (QED) is 0.152. The van der Waals surface area contributed by atoms with Gasteiger partial charge in [0.2, 0.25) is 0 Å². The van der Waals surface area contributed by atoms with Crippen LogP contribution in [0, 0.1) is 22.7 Å². The number of para-hydroxylation sites is 8. The average molecular weight is 1090 g/mol. The van der Waals surface area contributed by atoms with Gasteiger partial charge in [-0.2, -0.15) is 10.5 Å². The van der Waals surface area contributed by atoms with Gasteiger partial charge in [0.05, 0.1) is 55.3 Å². The second-order valence-corrected chi connectivity index (χ2v) is 22.1. The molecule has 0 fully saturated rings. The lowest BCUT2D eigenvalue weighted by Crippen LogP contribution is -2.04. The van der Waals surface area contributed by atoms with Gasteiger partial charge in [-0.05, 0) is 119 Å². The lowest BCUT2D eigenvalue weighted by molar-refractivity contribution is 1.18. The van der Waals surface area contributed by atoms with Crippen molar-refractivity contribution in [2.24, 2.45) is 0 Å². The molecule has 0 unspecified atom stereocenters. The first-order valence-electron chi connectivity index (χ1n) is 29.0. The van der Waals surface area contributed by atoms with Gasteiger partial charge < -0.3 is 18.3 Å². The Labute approximate surface area is 495 Å². The molecule has 398 valence electrons. The van der Waals surface area contributed by atoms with E-state index in [1.54, 1.807) is 0 Å². The first kappa shape index (κ1) is 48.7. The van der Waals surface area contributed by atoms with Gasteiger partial charge in [0.1, 0.15) is 12.1 Å². The van der Waals surface area contributed by atoms with E-state index in [0.29, 0.717) is 33.4 Å². The van der Waals surface area contributed by atoms with Gasteiger partial charge in [-0.15, -0.1) is 0 Å². The molecule has 0 bridgehead atoms. The molecule has 0 aliphatic heterocycles. The van der Waals surface area contributed by atoms with Gasteiger partial charge >= 0.3 is 0 Å². The molecule has 13 aromatic carbocycles. The summed E-state index contributed by atoms with van der Waals surface area (Å²) in [6.07, 6.45) is 0. The van der Waals surface area contributed by atoms with E-state index >= 15 is 0 Å². The Morgan fingerprint density at radius 1 is 0.186 bits per heavy atom. The molecule has 4 aromatic heterocycles. The number of aromatic nitrogens is 4. The first-order chi connectivity index (χ1) is 42.6. The third kappa shape index (κ3) is 7.24. The summed E-state index contributed by atoms with van der Waals surface area (Å²) < 4.78 is 9.24. The van der Waals surface area contributed by atoms with E-state index in [4.69, 9.17) is 0 Å². The van der Waals surface area contributed by atoms with Crippen LogP contribution in [0.4, 0.5) is 0 Å². The fourth-order valence-corrected chi connectivity index (χ4v) is 14.0. The largest absolute Gasteiger partial charge is 0.309 e. The zero-order chi connectivity index (χ0) is 57.0. The van der Waals surface area contributed by atoms with Crippen molar-refractivity contribution in [1.82, 2.24) is 18.3 Å². The van der Waals surface area contributed by atoms with E-state index in [1.807, 2.05) is 0 Å². The van der Waals surface area contributed by atoms with E-state index in [9.17, 15) is 10.5 Å². The van der Waals surface area contributed by atoms with Crippen LogP contribution in [-0.2, 0) is 0 Å². The molecule has 6 heteroatoms. The second-order valence-electron chi connectivity index (χ2n) is 22.1. The fraction of sp³-hybridized carbons (Fsp3) is 0. The summed E-state index contributed by atoms with van der Waals surface area (Å²) in [5.74, 6) is 0. The molecule has 0 N–H and O–H groups in total. The number of hydrogen-bond acceptors (Lipinski definition) is 2. The molecule has 0 radical (unpaired) electrons. The van der Waals surface area contributed by atoms with Gasteiger partial charge in [0.25, 0.3) is 0 Å². The van der Waals surface area contributed by atoms with Gasteiger partial charge in [-0.25, -0.2) is 0 Å². The maximum atomic E-state index is 12.2. The molecule has 0 atom stereocenters. The predicted octanol–water partition coefficient (Wildman–Crippen LogP) is 20.5. The van der Waals surface area contributed by atoms with Crippen LogP contribution < -0.4 is 0 Å². The Balaban J connectivity index is 0.926. The van der Waals surface area contributed by atoms with Crippen molar-refractivity contribution in [1.29, 1.82) is 10.5 Å². The minimum atomic E-state index is 0.473. The highest BCUT2D eigenvalue weighted by molar-refractivity contribution is 6.13. The van der Waals surface area contributed by atoms with Crippen LogP contribution in [0.5, 0.6) is 0 Å². The number of hydrogen-bond donors (Lipinski definition) is 0. The summed E-state index contributed by atoms with van der Waals surface area (Å²) in [5.41, 5.74) is 19.8. The zero-order valence-corrected chi connectivity index (χ0v) is 46.4. The molecule has 4 heterocycles. The topological polar surface area (TPSA) is 67.3 Å². The zero-order valence-electron chi connectivity index (χ0n) is 46.4. The van der Waals surface area contributed by atoms with Gasteiger partial charge in [0, 0.05) is 88.1 Å². The normalized spacial score (nSPS) is 11.7. The fourth-order valence-electron chi connectivity index (χ4n) is 14.0. The van der Waals surface area contributed by atoms with Crippen LogP contribution in [0.1, 0.15) is 11.1 Å². The Morgan fingerprint density at radius 3 is 0.488 bits per heavy atom. The number of nitrogens with zero attached hydrogens (tertiary/aromatic N) is 6. The highest BCUT2D eigenvalue weighted by Crippen LogP contribution is 2.50. The lowest BCUT2D eigenvalue weighted by atomic mass is 9.78. The Bertz CT molecular complexity index is 4790. The van der Waals surface area contributed by atoms with Crippen LogP contribution >= 0.6 is 0 Å². The second kappa shape index (κ2) is 19.3. The SMILES string of the molecule is N#Cc1c(-c2ccc(-n3c4ccccc4c4ccccc43)cc2)c(-c2ccc(-n3c4ccccc4c4ccccc43)cc2)c(C#N)c(-c2ccc(-n3c4ccccc4c4ccccc43)cc2)c1-c1ccc(-n2c3ccccc3c3ccccc32)cc1. The maximum Gasteiger partial charge on any atom is 0.100 e.